The molecule has 160 valence electrons. The molecule has 0 unspecified atom stereocenters. The van der Waals surface area contributed by atoms with Crippen LogP contribution in [0.3, 0.4) is 0 Å². The molecule has 2 aromatic heterocycles. The first-order valence-electron chi connectivity index (χ1n) is 11.0. The van der Waals surface area contributed by atoms with Crippen LogP contribution in [0.4, 0.5) is 0 Å². The van der Waals surface area contributed by atoms with Gasteiger partial charge in [-0.1, -0.05) is 19.1 Å². The lowest BCUT2D eigenvalue weighted by Gasteiger charge is -2.31. The Balaban J connectivity index is 1.52. The predicted molar refractivity (Wildman–Crippen MR) is 117 cm³/mol. The van der Waals surface area contributed by atoms with Crippen LogP contribution in [0.1, 0.15) is 54.6 Å². The van der Waals surface area contributed by atoms with E-state index in [-0.39, 0.29) is 5.91 Å². The minimum Gasteiger partial charge on any atom is -0.496 e. The lowest BCUT2D eigenvalue weighted by Crippen LogP contribution is -2.39. The van der Waals surface area contributed by atoms with Crippen molar-refractivity contribution in [2.24, 2.45) is 5.92 Å². The Bertz CT molecular complexity index is 1100. The molecule has 3 heterocycles. The molecule has 1 aliphatic heterocycles. The van der Waals surface area contributed by atoms with Crippen molar-refractivity contribution in [2.45, 2.75) is 38.5 Å². The monoisotopic (exact) mass is 417 g/mol. The van der Waals surface area contributed by atoms with E-state index in [0.29, 0.717) is 23.3 Å². The Hall–Kier alpha value is -3.22. The lowest BCUT2D eigenvalue weighted by molar-refractivity contribution is 0.0682. The van der Waals surface area contributed by atoms with Crippen molar-refractivity contribution in [1.82, 2.24) is 24.6 Å². The second-order valence-electron chi connectivity index (χ2n) is 8.57. The van der Waals surface area contributed by atoms with E-state index in [9.17, 15) is 4.79 Å². The number of likely N-dealkylation sites (tertiary alicyclic amines) is 1. The number of nitrogens with zero attached hydrogens (tertiary/aromatic N) is 5. The maximum atomic E-state index is 13.3. The fourth-order valence-corrected chi connectivity index (χ4v) is 4.43. The van der Waals surface area contributed by atoms with Gasteiger partial charge in [0.05, 0.1) is 30.3 Å². The Morgan fingerprint density at radius 3 is 2.77 bits per heavy atom. The van der Waals surface area contributed by atoms with Crippen LogP contribution in [-0.4, -0.2) is 50.8 Å². The van der Waals surface area contributed by atoms with Gasteiger partial charge in [-0.2, -0.15) is 5.10 Å². The van der Waals surface area contributed by atoms with E-state index in [4.69, 9.17) is 9.72 Å². The number of aromatic nitrogens is 4. The number of piperidine rings is 1. The van der Waals surface area contributed by atoms with Gasteiger partial charge in [0, 0.05) is 30.8 Å². The third-order valence-electron chi connectivity index (χ3n) is 6.16. The Labute approximate surface area is 182 Å². The van der Waals surface area contributed by atoms with Crippen molar-refractivity contribution in [1.29, 1.82) is 0 Å². The van der Waals surface area contributed by atoms with E-state index in [0.717, 1.165) is 55.1 Å². The number of carbonyl (C=O) groups is 1. The highest BCUT2D eigenvalue weighted by Gasteiger charge is 2.35. The summed E-state index contributed by atoms with van der Waals surface area (Å²) >= 11 is 0. The van der Waals surface area contributed by atoms with Crippen LogP contribution in [0, 0.1) is 5.92 Å². The van der Waals surface area contributed by atoms with Crippen molar-refractivity contribution >= 4 is 5.91 Å². The molecule has 7 heteroatoms. The average molecular weight is 418 g/mol. The van der Waals surface area contributed by atoms with Crippen LogP contribution in [0.25, 0.3) is 17.2 Å². The molecule has 5 rings (SSSR count). The quantitative estimate of drug-likeness (QED) is 0.625. The second kappa shape index (κ2) is 8.13. The molecule has 31 heavy (non-hydrogen) atoms. The number of hydrogen-bond donors (Lipinski definition) is 0. The molecule has 2 fully saturated rings. The van der Waals surface area contributed by atoms with Crippen molar-refractivity contribution in [3.63, 3.8) is 0 Å². The summed E-state index contributed by atoms with van der Waals surface area (Å²) in [6.07, 6.45) is 7.81. The minimum absolute atomic E-state index is 0.0839. The van der Waals surface area contributed by atoms with Gasteiger partial charge in [-0.05, 0) is 49.8 Å². The van der Waals surface area contributed by atoms with Crippen LogP contribution in [-0.2, 0) is 0 Å². The van der Waals surface area contributed by atoms with Crippen molar-refractivity contribution in [3.8, 4) is 23.0 Å². The van der Waals surface area contributed by atoms with Gasteiger partial charge in [-0.3, -0.25) is 4.79 Å². The summed E-state index contributed by atoms with van der Waals surface area (Å²) in [5.41, 5.74) is 3.30. The third-order valence-corrected chi connectivity index (χ3v) is 6.16. The van der Waals surface area contributed by atoms with E-state index < -0.39 is 0 Å². The van der Waals surface area contributed by atoms with Gasteiger partial charge in [0.2, 0.25) is 0 Å². The zero-order valence-corrected chi connectivity index (χ0v) is 18.0. The molecule has 3 aromatic rings. The van der Waals surface area contributed by atoms with E-state index in [1.807, 2.05) is 35.2 Å². The number of hydrogen-bond acceptors (Lipinski definition) is 5. The number of para-hydroxylation sites is 1. The van der Waals surface area contributed by atoms with E-state index in [2.05, 4.69) is 17.0 Å². The zero-order chi connectivity index (χ0) is 21.4. The molecule has 0 spiro atoms. The highest BCUT2D eigenvalue weighted by molar-refractivity contribution is 5.95. The molecule has 1 atom stereocenters. The molecule has 1 aliphatic carbocycles. The fraction of sp³-hybridized carbons (Fsp3) is 0.417. The smallest absolute Gasteiger partial charge is 0.257 e. The van der Waals surface area contributed by atoms with Gasteiger partial charge in [0.1, 0.15) is 5.75 Å². The second-order valence-corrected chi connectivity index (χ2v) is 8.57. The molecule has 0 bridgehead atoms. The van der Waals surface area contributed by atoms with Crippen molar-refractivity contribution in [2.75, 3.05) is 20.2 Å². The molecule has 2 aliphatic rings. The summed E-state index contributed by atoms with van der Waals surface area (Å²) in [5, 5.41) is 4.57. The molecule has 1 aromatic carbocycles. The van der Waals surface area contributed by atoms with Crippen LogP contribution in [0.15, 0.2) is 42.7 Å². The maximum Gasteiger partial charge on any atom is 0.257 e. The number of rotatable bonds is 5. The standard InChI is InChI=1S/C24H27N5O2/c1-16-6-5-13-28(15-16)23(30)19-14-26-29(22(19)17-9-10-17)24-25-12-11-20(27-24)18-7-3-4-8-21(18)31-2/h3-4,7-8,11-12,14,16-17H,5-6,9-10,13,15H2,1-2H3/t16-/m1/s1. The Kier molecular flexibility index (Phi) is 5.18. The highest BCUT2D eigenvalue weighted by Crippen LogP contribution is 2.42. The predicted octanol–water partition coefficient (Wildman–Crippen LogP) is 4.09. The van der Waals surface area contributed by atoms with Crippen LogP contribution >= 0.6 is 0 Å². The summed E-state index contributed by atoms with van der Waals surface area (Å²) in [4.78, 5) is 24.6. The SMILES string of the molecule is COc1ccccc1-c1ccnc(-n2ncc(C(=O)N3CCC[C@@H](C)C3)c2C2CC2)n1. The van der Waals surface area contributed by atoms with Gasteiger partial charge in [-0.25, -0.2) is 14.6 Å². The largest absolute Gasteiger partial charge is 0.496 e. The Morgan fingerprint density at radius 2 is 2.00 bits per heavy atom. The first-order valence-corrected chi connectivity index (χ1v) is 11.0. The zero-order valence-electron chi connectivity index (χ0n) is 18.0. The minimum atomic E-state index is 0.0839. The normalized spacial score (nSPS) is 18.8. The summed E-state index contributed by atoms with van der Waals surface area (Å²) in [6, 6.07) is 9.64. The first-order chi connectivity index (χ1) is 15.2. The lowest BCUT2D eigenvalue weighted by atomic mass is 9.99. The van der Waals surface area contributed by atoms with Crippen molar-refractivity contribution in [3.05, 3.63) is 54.0 Å². The molecule has 7 nitrogen and oxygen atoms in total. The molecule has 1 amide bonds. The fourth-order valence-electron chi connectivity index (χ4n) is 4.43. The van der Waals surface area contributed by atoms with E-state index in [1.54, 1.807) is 24.2 Å². The average Bonchev–Trinajstić information content (AvgIpc) is 3.56. The first kappa shape index (κ1) is 19.7. The van der Waals surface area contributed by atoms with Gasteiger partial charge in [-0.15, -0.1) is 0 Å². The maximum absolute atomic E-state index is 13.3. The van der Waals surface area contributed by atoms with E-state index >= 15 is 0 Å². The number of amides is 1. The molecule has 0 N–H and O–H groups in total. The summed E-state index contributed by atoms with van der Waals surface area (Å²) in [7, 11) is 1.65. The van der Waals surface area contributed by atoms with Crippen molar-refractivity contribution < 1.29 is 9.53 Å². The molecule has 1 saturated carbocycles. The molecular weight excluding hydrogens is 390 g/mol. The molecular formula is C24H27N5O2. The molecule has 0 radical (unpaired) electrons. The van der Waals surface area contributed by atoms with Gasteiger partial charge in [0.15, 0.2) is 0 Å². The highest BCUT2D eigenvalue weighted by atomic mass is 16.5. The van der Waals surface area contributed by atoms with Gasteiger partial charge in [0.25, 0.3) is 11.9 Å². The van der Waals surface area contributed by atoms with E-state index in [1.165, 1.54) is 6.42 Å². The topological polar surface area (TPSA) is 73.1 Å². The summed E-state index contributed by atoms with van der Waals surface area (Å²) < 4.78 is 7.26. The number of carbonyl (C=O) groups excluding carboxylic acids is 1. The van der Waals surface area contributed by atoms with Crippen LogP contribution < -0.4 is 4.74 Å². The van der Waals surface area contributed by atoms with Crippen LogP contribution in [0.2, 0.25) is 0 Å². The Morgan fingerprint density at radius 1 is 1.16 bits per heavy atom. The van der Waals surface area contributed by atoms with Gasteiger partial charge < -0.3 is 9.64 Å². The molecule has 1 saturated heterocycles. The summed E-state index contributed by atoms with van der Waals surface area (Å²) in [6.45, 7) is 3.84. The summed E-state index contributed by atoms with van der Waals surface area (Å²) in [5.74, 6) is 2.20. The third kappa shape index (κ3) is 3.80. The van der Waals surface area contributed by atoms with Gasteiger partial charge >= 0.3 is 0 Å². The van der Waals surface area contributed by atoms with Crippen LogP contribution in [0.5, 0.6) is 5.75 Å². The number of ether oxygens (including phenoxy) is 1. The number of benzene rings is 1. The number of methoxy groups -OCH3 is 1.